The van der Waals surface area contributed by atoms with Gasteiger partial charge in [0.05, 0.1) is 11.4 Å². The number of nitrogens with one attached hydrogen (secondary N) is 1. The fourth-order valence-corrected chi connectivity index (χ4v) is 4.38. The van der Waals surface area contributed by atoms with Gasteiger partial charge >= 0.3 is 0 Å². The molecule has 24 heavy (non-hydrogen) atoms. The molecule has 5 heterocycles. The van der Waals surface area contributed by atoms with E-state index in [0.29, 0.717) is 5.92 Å². The van der Waals surface area contributed by atoms with Gasteiger partial charge in [-0.25, -0.2) is 9.50 Å². The summed E-state index contributed by atoms with van der Waals surface area (Å²) in [6.45, 7) is 4.12. The molecule has 1 saturated heterocycles. The van der Waals surface area contributed by atoms with Crippen LogP contribution in [0.4, 0.5) is 5.00 Å². The van der Waals surface area contributed by atoms with E-state index in [-0.39, 0.29) is 0 Å². The summed E-state index contributed by atoms with van der Waals surface area (Å²) in [7, 11) is 0. The number of piperidine rings is 1. The molecular formula is C16H17N7S. The van der Waals surface area contributed by atoms with Crippen LogP contribution in [0.25, 0.3) is 16.6 Å². The maximum Gasteiger partial charge on any atom is 0.141 e. The van der Waals surface area contributed by atoms with Gasteiger partial charge in [0, 0.05) is 30.6 Å². The minimum atomic E-state index is 0.438. The van der Waals surface area contributed by atoms with Crippen molar-refractivity contribution in [2.75, 3.05) is 18.0 Å². The Morgan fingerprint density at radius 2 is 2.17 bits per heavy atom. The van der Waals surface area contributed by atoms with E-state index in [9.17, 15) is 0 Å². The lowest BCUT2D eigenvalue weighted by molar-refractivity contribution is 0.499. The van der Waals surface area contributed by atoms with Gasteiger partial charge in [0.25, 0.3) is 0 Å². The first-order chi connectivity index (χ1) is 11.8. The van der Waals surface area contributed by atoms with Gasteiger partial charge in [-0.05, 0) is 43.4 Å². The molecule has 0 aliphatic carbocycles. The Kier molecular flexibility index (Phi) is 3.05. The van der Waals surface area contributed by atoms with E-state index in [1.54, 1.807) is 22.4 Å². The van der Waals surface area contributed by atoms with Crippen LogP contribution in [0.15, 0.2) is 24.7 Å². The third kappa shape index (κ3) is 2.10. The normalized spacial score (nSPS) is 16.5. The second kappa shape index (κ2) is 5.27. The summed E-state index contributed by atoms with van der Waals surface area (Å²) < 4.78 is 6.19. The van der Waals surface area contributed by atoms with Crippen LogP contribution in [0.3, 0.4) is 0 Å². The molecule has 0 spiro atoms. The number of aromatic nitrogens is 6. The summed E-state index contributed by atoms with van der Waals surface area (Å²) in [4.78, 5) is 9.97. The number of H-pyrrole nitrogens is 1. The van der Waals surface area contributed by atoms with Crippen molar-refractivity contribution in [2.45, 2.75) is 25.7 Å². The van der Waals surface area contributed by atoms with Gasteiger partial charge in [-0.1, -0.05) is 5.21 Å². The van der Waals surface area contributed by atoms with Gasteiger partial charge in [-0.3, -0.25) is 0 Å². The number of nitrogens with zero attached hydrogens (tertiary/aromatic N) is 6. The zero-order valence-corrected chi connectivity index (χ0v) is 14.1. The van der Waals surface area contributed by atoms with Gasteiger partial charge in [0.1, 0.15) is 22.5 Å². The third-order valence-electron chi connectivity index (χ3n) is 4.81. The van der Waals surface area contributed by atoms with Gasteiger partial charge < -0.3 is 9.88 Å². The number of rotatable bonds is 2. The molecule has 5 rings (SSSR count). The van der Waals surface area contributed by atoms with Gasteiger partial charge in [-0.2, -0.15) is 4.37 Å². The molecule has 0 atom stereocenters. The predicted molar refractivity (Wildman–Crippen MR) is 93.7 cm³/mol. The molecule has 0 aromatic carbocycles. The second-order valence-electron chi connectivity index (χ2n) is 6.32. The van der Waals surface area contributed by atoms with Crippen molar-refractivity contribution < 1.29 is 0 Å². The average molecular weight is 339 g/mol. The van der Waals surface area contributed by atoms with Crippen LogP contribution in [0, 0.1) is 6.92 Å². The molecule has 7 nitrogen and oxygen atoms in total. The van der Waals surface area contributed by atoms with Crippen molar-refractivity contribution in [3.05, 3.63) is 36.0 Å². The number of aromatic amines is 1. The lowest BCUT2D eigenvalue weighted by Gasteiger charge is -2.31. The van der Waals surface area contributed by atoms with Gasteiger partial charge in [0.2, 0.25) is 0 Å². The van der Waals surface area contributed by atoms with Crippen molar-refractivity contribution in [3.63, 3.8) is 0 Å². The molecular weight excluding hydrogens is 322 g/mol. The maximum absolute atomic E-state index is 4.48. The SMILES string of the molecule is Cc1cc(N2CCC(c3nnn4cnc5[nH]ccc5c34)CC2)sn1. The summed E-state index contributed by atoms with van der Waals surface area (Å²) in [5.74, 6) is 0.438. The molecule has 0 amide bonds. The smallest absolute Gasteiger partial charge is 0.141 e. The molecule has 0 unspecified atom stereocenters. The number of anilines is 1. The fraction of sp³-hybridized carbons (Fsp3) is 0.375. The summed E-state index contributed by atoms with van der Waals surface area (Å²) in [6, 6.07) is 4.23. The van der Waals surface area contributed by atoms with Crippen LogP contribution in [0.1, 0.15) is 30.1 Å². The van der Waals surface area contributed by atoms with Gasteiger partial charge in [0.15, 0.2) is 0 Å². The number of aryl methyl sites for hydroxylation is 1. The predicted octanol–water partition coefficient (Wildman–Crippen LogP) is 2.75. The fourth-order valence-electron chi connectivity index (χ4n) is 3.57. The van der Waals surface area contributed by atoms with E-state index in [1.165, 1.54) is 5.00 Å². The summed E-state index contributed by atoms with van der Waals surface area (Å²) in [5.41, 5.74) is 4.18. The zero-order chi connectivity index (χ0) is 16.1. The Bertz CT molecular complexity index is 1010. The second-order valence-corrected chi connectivity index (χ2v) is 7.10. The highest BCUT2D eigenvalue weighted by Crippen LogP contribution is 2.34. The number of hydrogen-bond donors (Lipinski definition) is 1. The molecule has 1 fully saturated rings. The van der Waals surface area contributed by atoms with Crippen molar-refractivity contribution in [1.29, 1.82) is 0 Å². The monoisotopic (exact) mass is 339 g/mol. The van der Waals surface area contributed by atoms with E-state index >= 15 is 0 Å². The van der Waals surface area contributed by atoms with Crippen molar-refractivity contribution in [3.8, 4) is 0 Å². The summed E-state index contributed by atoms with van der Waals surface area (Å²) >= 11 is 1.59. The largest absolute Gasteiger partial charge is 0.362 e. The molecule has 1 aliphatic heterocycles. The van der Waals surface area contributed by atoms with Crippen LogP contribution in [-0.4, -0.2) is 42.3 Å². The highest BCUT2D eigenvalue weighted by atomic mass is 32.1. The Balaban J connectivity index is 1.46. The summed E-state index contributed by atoms with van der Waals surface area (Å²) in [5, 5.41) is 11.1. The Hall–Kier alpha value is -2.48. The Morgan fingerprint density at radius 3 is 2.96 bits per heavy atom. The standard InChI is InChI=1S/C16H17N7S/c1-10-8-13(24-20-10)22-6-3-11(4-7-22)14-15-12-2-5-17-16(12)18-9-23(15)21-19-14/h2,5,8-9,11,17H,3-4,6-7H2,1H3. The Morgan fingerprint density at radius 1 is 1.29 bits per heavy atom. The van der Waals surface area contributed by atoms with Crippen molar-refractivity contribution in [2.24, 2.45) is 0 Å². The highest BCUT2D eigenvalue weighted by molar-refractivity contribution is 7.10. The topological polar surface area (TPSA) is 75.0 Å². The molecule has 1 N–H and O–H groups in total. The van der Waals surface area contributed by atoms with E-state index < -0.39 is 0 Å². The first-order valence-electron chi connectivity index (χ1n) is 8.15. The first kappa shape index (κ1) is 13.9. The van der Waals surface area contributed by atoms with Crippen LogP contribution in [0.5, 0.6) is 0 Å². The maximum atomic E-state index is 4.48. The van der Waals surface area contributed by atoms with Crippen LogP contribution in [-0.2, 0) is 0 Å². The zero-order valence-electron chi connectivity index (χ0n) is 13.3. The first-order valence-corrected chi connectivity index (χ1v) is 8.92. The molecule has 122 valence electrons. The van der Waals surface area contributed by atoms with Crippen LogP contribution >= 0.6 is 11.5 Å². The lowest BCUT2D eigenvalue weighted by Crippen LogP contribution is -2.32. The van der Waals surface area contributed by atoms with Crippen LogP contribution in [0.2, 0.25) is 0 Å². The van der Waals surface area contributed by atoms with E-state index in [0.717, 1.165) is 53.9 Å². The van der Waals surface area contributed by atoms with E-state index in [4.69, 9.17) is 0 Å². The van der Waals surface area contributed by atoms with Crippen molar-refractivity contribution >= 4 is 33.1 Å². The van der Waals surface area contributed by atoms with E-state index in [1.807, 2.05) is 13.1 Å². The minimum absolute atomic E-state index is 0.438. The minimum Gasteiger partial charge on any atom is -0.362 e. The number of fused-ring (bicyclic) bond motifs is 3. The summed E-state index contributed by atoms with van der Waals surface area (Å²) in [6.07, 6.45) is 5.82. The molecule has 4 aromatic rings. The molecule has 8 heteroatoms. The third-order valence-corrected chi connectivity index (χ3v) is 5.75. The highest BCUT2D eigenvalue weighted by Gasteiger charge is 2.26. The van der Waals surface area contributed by atoms with Crippen LogP contribution < -0.4 is 4.90 Å². The Labute approximate surface area is 142 Å². The molecule has 0 bridgehead atoms. The van der Waals surface area contributed by atoms with E-state index in [2.05, 4.69) is 41.7 Å². The number of hydrogen-bond acceptors (Lipinski definition) is 6. The quantitative estimate of drug-likeness (QED) is 0.608. The molecule has 4 aromatic heterocycles. The molecule has 0 saturated carbocycles. The lowest BCUT2D eigenvalue weighted by atomic mass is 9.92. The molecule has 1 aliphatic rings. The van der Waals surface area contributed by atoms with Gasteiger partial charge in [-0.15, -0.1) is 5.10 Å². The van der Waals surface area contributed by atoms with Crippen molar-refractivity contribution in [1.82, 2.24) is 29.2 Å². The average Bonchev–Trinajstić information content (AvgIpc) is 3.33. The molecule has 0 radical (unpaired) electrons.